The lowest BCUT2D eigenvalue weighted by atomic mass is 10.4. The number of hydrogen-bond acceptors (Lipinski definition) is 4. The minimum absolute atomic E-state index is 0.607. The molecule has 10 heavy (non-hydrogen) atoms. The van der Waals surface area contributed by atoms with Crippen molar-refractivity contribution in [2.24, 2.45) is 4.99 Å². The SMILES string of the molecule is c1coc(C2=NCNN2)c1. The van der Waals surface area contributed by atoms with Gasteiger partial charge in [0.05, 0.1) is 6.26 Å². The Balaban J connectivity index is 2.28. The van der Waals surface area contributed by atoms with Crippen LogP contribution in [0.4, 0.5) is 0 Å². The van der Waals surface area contributed by atoms with E-state index in [1.807, 2.05) is 12.1 Å². The van der Waals surface area contributed by atoms with E-state index in [2.05, 4.69) is 15.8 Å². The molecule has 2 N–H and O–H groups in total. The fraction of sp³-hybridized carbons (Fsp3) is 0.167. The number of nitrogens with zero attached hydrogens (tertiary/aromatic N) is 1. The van der Waals surface area contributed by atoms with Crippen molar-refractivity contribution in [2.75, 3.05) is 6.67 Å². The van der Waals surface area contributed by atoms with Crippen LogP contribution in [0.5, 0.6) is 0 Å². The predicted molar refractivity (Wildman–Crippen MR) is 36.4 cm³/mol. The fourth-order valence-electron chi connectivity index (χ4n) is 0.834. The Morgan fingerprint density at radius 3 is 3.20 bits per heavy atom. The lowest BCUT2D eigenvalue weighted by Crippen LogP contribution is -2.29. The van der Waals surface area contributed by atoms with Crippen molar-refractivity contribution in [3.8, 4) is 0 Å². The number of nitrogens with one attached hydrogen (secondary N) is 2. The van der Waals surface area contributed by atoms with Gasteiger partial charge in [-0.2, -0.15) is 0 Å². The summed E-state index contributed by atoms with van der Waals surface area (Å²) in [6.45, 7) is 0.607. The van der Waals surface area contributed by atoms with Gasteiger partial charge in [0, 0.05) is 0 Å². The first-order chi connectivity index (χ1) is 4.97. The zero-order chi connectivity index (χ0) is 6.81. The van der Waals surface area contributed by atoms with Crippen molar-refractivity contribution in [1.82, 2.24) is 10.9 Å². The third-order valence-corrected chi connectivity index (χ3v) is 1.28. The van der Waals surface area contributed by atoms with E-state index in [-0.39, 0.29) is 0 Å². The van der Waals surface area contributed by atoms with Gasteiger partial charge in [0.1, 0.15) is 6.67 Å². The summed E-state index contributed by atoms with van der Waals surface area (Å²) in [5.41, 5.74) is 5.71. The Morgan fingerprint density at radius 2 is 2.60 bits per heavy atom. The third kappa shape index (κ3) is 0.784. The molecule has 0 bridgehead atoms. The quantitative estimate of drug-likeness (QED) is 0.576. The molecule has 0 saturated carbocycles. The Labute approximate surface area is 57.9 Å². The summed E-state index contributed by atoms with van der Waals surface area (Å²) in [4.78, 5) is 4.08. The van der Waals surface area contributed by atoms with E-state index in [1.54, 1.807) is 6.26 Å². The highest BCUT2D eigenvalue weighted by molar-refractivity contribution is 5.96. The van der Waals surface area contributed by atoms with E-state index >= 15 is 0 Å². The molecule has 0 aromatic carbocycles. The van der Waals surface area contributed by atoms with Gasteiger partial charge >= 0.3 is 0 Å². The molecule has 1 aliphatic rings. The van der Waals surface area contributed by atoms with Gasteiger partial charge in [-0.3, -0.25) is 0 Å². The molecule has 2 heterocycles. The topological polar surface area (TPSA) is 49.6 Å². The molecule has 0 saturated heterocycles. The Morgan fingerprint density at radius 1 is 1.60 bits per heavy atom. The van der Waals surface area contributed by atoms with E-state index in [4.69, 9.17) is 4.42 Å². The maximum absolute atomic E-state index is 5.08. The second-order valence-corrected chi connectivity index (χ2v) is 1.94. The first kappa shape index (κ1) is 5.49. The summed E-state index contributed by atoms with van der Waals surface area (Å²) >= 11 is 0. The third-order valence-electron chi connectivity index (χ3n) is 1.28. The summed E-state index contributed by atoms with van der Waals surface area (Å²) in [7, 11) is 0. The average molecular weight is 137 g/mol. The van der Waals surface area contributed by atoms with Gasteiger partial charge in [-0.15, -0.1) is 0 Å². The molecule has 0 atom stereocenters. The Bertz CT molecular complexity index is 240. The fourth-order valence-corrected chi connectivity index (χ4v) is 0.834. The number of rotatable bonds is 1. The zero-order valence-corrected chi connectivity index (χ0v) is 5.29. The van der Waals surface area contributed by atoms with Crippen molar-refractivity contribution in [3.63, 3.8) is 0 Å². The molecule has 1 aromatic rings. The number of furan rings is 1. The van der Waals surface area contributed by atoms with Crippen molar-refractivity contribution < 1.29 is 4.42 Å². The normalized spacial score (nSPS) is 16.6. The molecule has 0 spiro atoms. The van der Waals surface area contributed by atoms with Gasteiger partial charge < -0.3 is 9.84 Å². The number of aliphatic imine (C=N–C) groups is 1. The maximum atomic E-state index is 5.08. The van der Waals surface area contributed by atoms with E-state index < -0.39 is 0 Å². The van der Waals surface area contributed by atoms with Crippen molar-refractivity contribution in [2.45, 2.75) is 0 Å². The van der Waals surface area contributed by atoms with Crippen molar-refractivity contribution in [1.29, 1.82) is 0 Å². The van der Waals surface area contributed by atoms with Gasteiger partial charge in [-0.05, 0) is 12.1 Å². The van der Waals surface area contributed by atoms with Crippen LogP contribution in [-0.4, -0.2) is 12.5 Å². The first-order valence-electron chi connectivity index (χ1n) is 3.04. The van der Waals surface area contributed by atoms with E-state index in [0.717, 1.165) is 11.6 Å². The summed E-state index contributed by atoms with van der Waals surface area (Å²) in [5.74, 6) is 1.54. The molecule has 0 fully saturated rings. The monoisotopic (exact) mass is 137 g/mol. The van der Waals surface area contributed by atoms with Crippen LogP contribution in [-0.2, 0) is 0 Å². The average Bonchev–Trinajstić information content (AvgIpc) is 2.59. The lowest BCUT2D eigenvalue weighted by Gasteiger charge is -1.94. The van der Waals surface area contributed by atoms with Gasteiger partial charge in [0.2, 0.25) is 0 Å². The highest BCUT2D eigenvalue weighted by Gasteiger charge is 2.08. The molecule has 0 aliphatic carbocycles. The van der Waals surface area contributed by atoms with Crippen LogP contribution in [0, 0.1) is 0 Å². The van der Waals surface area contributed by atoms with Crippen LogP contribution in [0.1, 0.15) is 5.76 Å². The molecule has 4 heteroatoms. The van der Waals surface area contributed by atoms with Crippen LogP contribution >= 0.6 is 0 Å². The molecule has 4 nitrogen and oxygen atoms in total. The molecule has 52 valence electrons. The van der Waals surface area contributed by atoms with E-state index in [9.17, 15) is 0 Å². The summed E-state index contributed by atoms with van der Waals surface area (Å²) in [6.07, 6.45) is 1.62. The number of hydrogen-bond donors (Lipinski definition) is 2. The molecular formula is C6H7N3O. The largest absolute Gasteiger partial charge is 0.461 e. The predicted octanol–water partition coefficient (Wildman–Crippen LogP) is 0.0915. The van der Waals surface area contributed by atoms with Crippen LogP contribution in [0.2, 0.25) is 0 Å². The van der Waals surface area contributed by atoms with Crippen LogP contribution < -0.4 is 10.9 Å². The maximum Gasteiger partial charge on any atom is 0.180 e. The number of amidine groups is 1. The van der Waals surface area contributed by atoms with Gasteiger partial charge in [-0.25, -0.2) is 10.4 Å². The van der Waals surface area contributed by atoms with Crippen molar-refractivity contribution in [3.05, 3.63) is 24.2 Å². The Hall–Kier alpha value is -1.29. The van der Waals surface area contributed by atoms with Crippen LogP contribution in [0.15, 0.2) is 27.8 Å². The second kappa shape index (κ2) is 2.15. The lowest BCUT2D eigenvalue weighted by molar-refractivity contribution is 0.553. The van der Waals surface area contributed by atoms with Crippen molar-refractivity contribution >= 4 is 5.84 Å². The molecule has 0 amide bonds. The molecule has 2 rings (SSSR count). The smallest absolute Gasteiger partial charge is 0.180 e. The summed E-state index contributed by atoms with van der Waals surface area (Å²) < 4.78 is 5.08. The zero-order valence-electron chi connectivity index (χ0n) is 5.29. The standard InChI is InChI=1S/C6H7N3O/c1-2-5(10-3-1)6-7-4-8-9-6/h1-3,8H,4H2,(H,7,9). The molecule has 0 radical (unpaired) electrons. The second-order valence-electron chi connectivity index (χ2n) is 1.94. The summed E-state index contributed by atoms with van der Waals surface area (Å²) in [5, 5.41) is 0. The first-order valence-corrected chi connectivity index (χ1v) is 3.04. The minimum atomic E-state index is 0.607. The minimum Gasteiger partial charge on any atom is -0.461 e. The highest BCUT2D eigenvalue weighted by Crippen LogP contribution is 2.01. The molecular weight excluding hydrogens is 130 g/mol. The van der Waals surface area contributed by atoms with Crippen LogP contribution in [0.3, 0.4) is 0 Å². The number of hydrazine groups is 1. The van der Waals surface area contributed by atoms with Crippen LogP contribution in [0.25, 0.3) is 0 Å². The van der Waals surface area contributed by atoms with Gasteiger partial charge in [-0.1, -0.05) is 0 Å². The Kier molecular flexibility index (Phi) is 1.18. The molecule has 0 unspecified atom stereocenters. The van der Waals surface area contributed by atoms with Gasteiger partial charge in [0.25, 0.3) is 0 Å². The van der Waals surface area contributed by atoms with E-state index in [0.29, 0.717) is 6.67 Å². The molecule has 1 aliphatic heterocycles. The van der Waals surface area contributed by atoms with E-state index in [1.165, 1.54) is 0 Å². The summed E-state index contributed by atoms with van der Waals surface area (Å²) in [6, 6.07) is 3.69. The van der Waals surface area contributed by atoms with Gasteiger partial charge in [0.15, 0.2) is 11.6 Å². The molecule has 1 aromatic heterocycles. The highest BCUT2D eigenvalue weighted by atomic mass is 16.3.